The first-order valence-electron chi connectivity index (χ1n) is 21.6. The lowest BCUT2D eigenvalue weighted by molar-refractivity contribution is -0.438. The summed E-state index contributed by atoms with van der Waals surface area (Å²) >= 11 is 0. The first-order chi connectivity index (χ1) is 27.0. The van der Waals surface area contributed by atoms with Crippen molar-refractivity contribution in [1.82, 2.24) is 0 Å². The summed E-state index contributed by atoms with van der Waals surface area (Å²) in [6, 6.07) is 25.7. The molecule has 1 fully saturated rings. The lowest BCUT2D eigenvalue weighted by atomic mass is 9.78. The van der Waals surface area contributed by atoms with E-state index in [0.717, 1.165) is 61.6 Å². The Kier molecular flexibility index (Phi) is 11.6. The van der Waals surface area contributed by atoms with Gasteiger partial charge >= 0.3 is 0 Å². The van der Waals surface area contributed by atoms with Crippen molar-refractivity contribution in [2.75, 3.05) is 18.0 Å². The average molecular weight is 750 g/mol. The molecule has 56 heavy (non-hydrogen) atoms. The van der Waals surface area contributed by atoms with Gasteiger partial charge in [0.2, 0.25) is 17.3 Å². The number of anilines is 1. The van der Waals surface area contributed by atoms with E-state index in [9.17, 15) is 14.4 Å². The van der Waals surface area contributed by atoms with Crippen molar-refractivity contribution >= 4 is 56.0 Å². The highest BCUT2D eigenvalue weighted by atomic mass is 16.2. The molecule has 2 aliphatic heterocycles. The number of Topliss-reactive ketones (excluding diaryl/α,β-unsaturated/α-hetero) is 3. The number of rotatable bonds is 16. The highest BCUT2D eigenvalue weighted by molar-refractivity contribution is 6.60. The topological polar surface area (TPSA) is 57.5 Å². The molecule has 0 amide bonds. The number of hydrogen-bond donors (Lipinski definition) is 0. The second kappa shape index (κ2) is 16.5. The molecule has 0 radical (unpaired) electrons. The van der Waals surface area contributed by atoms with Crippen molar-refractivity contribution in [3.05, 3.63) is 107 Å². The van der Waals surface area contributed by atoms with Crippen molar-refractivity contribution in [2.24, 2.45) is 5.92 Å². The Balaban J connectivity index is 1.27. The number of fused-ring (bicyclic) bond motifs is 6. The van der Waals surface area contributed by atoms with Gasteiger partial charge in [-0.2, -0.15) is 4.58 Å². The van der Waals surface area contributed by atoms with Gasteiger partial charge in [0, 0.05) is 47.5 Å². The summed E-state index contributed by atoms with van der Waals surface area (Å²) in [5, 5.41) is 4.70. The Morgan fingerprint density at radius 1 is 0.625 bits per heavy atom. The zero-order valence-electron chi connectivity index (χ0n) is 34.7. The smallest absolute Gasteiger partial charge is 0.233 e. The van der Waals surface area contributed by atoms with Gasteiger partial charge in [-0.05, 0) is 72.0 Å². The summed E-state index contributed by atoms with van der Waals surface area (Å²) in [5.41, 5.74) is 5.59. The highest BCUT2D eigenvalue weighted by Crippen LogP contribution is 2.52. The number of carbonyl (C=O) groups excluding carboxylic acids is 3. The van der Waals surface area contributed by atoms with E-state index in [1.165, 1.54) is 84.0 Å². The first kappa shape index (κ1) is 39.6. The molecule has 2 heterocycles. The number of benzene rings is 4. The molecule has 1 aliphatic carbocycles. The van der Waals surface area contributed by atoms with Gasteiger partial charge < -0.3 is 4.90 Å². The lowest BCUT2D eigenvalue weighted by Gasteiger charge is -2.28. The zero-order valence-corrected chi connectivity index (χ0v) is 34.7. The number of hydrogen-bond acceptors (Lipinski definition) is 4. The number of unbranched alkanes of at least 4 members (excludes halogenated alkanes) is 10. The molecule has 1 unspecified atom stereocenters. The summed E-state index contributed by atoms with van der Waals surface area (Å²) in [6.07, 6.45) is 17.7. The summed E-state index contributed by atoms with van der Waals surface area (Å²) in [5.74, 6) is -2.81. The van der Waals surface area contributed by atoms with Gasteiger partial charge in [0.1, 0.15) is 12.5 Å². The van der Waals surface area contributed by atoms with Gasteiger partial charge in [-0.25, -0.2) is 0 Å². The number of nitrogens with zero attached hydrogens (tertiary/aromatic N) is 2. The zero-order chi connectivity index (χ0) is 39.6. The van der Waals surface area contributed by atoms with Crippen LogP contribution < -0.4 is 4.90 Å². The van der Waals surface area contributed by atoms with Gasteiger partial charge in [-0.15, -0.1) is 0 Å². The van der Waals surface area contributed by atoms with E-state index >= 15 is 0 Å². The van der Waals surface area contributed by atoms with Crippen molar-refractivity contribution in [2.45, 2.75) is 129 Å². The van der Waals surface area contributed by atoms with E-state index in [1.54, 1.807) is 6.08 Å². The average Bonchev–Trinajstić information content (AvgIpc) is 3.64. The highest BCUT2D eigenvalue weighted by Gasteiger charge is 2.51. The molecular weight excluding hydrogens is 689 g/mol. The Bertz CT molecular complexity index is 2270. The van der Waals surface area contributed by atoms with Crippen LogP contribution in [0.4, 0.5) is 11.4 Å². The standard InChI is InChI=1S/C51H61N2O3/c1-7-9-11-13-15-21-31-52-41-29-27-35-23-17-19-25-37(35)45(41)50(3,4)43(52)33-39-47(54)40(49(56)48(39)55)34-44-51(5,6)46-38-26-20-18-24-36(38)28-30-42(46)53(44)32-22-16-14-12-10-8-2/h17-20,23-30,33-34,39H,7-16,21-22,31-32H2,1-6H3/q+1/b40-34-,43-33+. The predicted molar refractivity (Wildman–Crippen MR) is 233 cm³/mol. The summed E-state index contributed by atoms with van der Waals surface area (Å²) in [6.45, 7) is 14.9. The summed E-state index contributed by atoms with van der Waals surface area (Å²) < 4.78 is 2.33. The van der Waals surface area contributed by atoms with Crippen LogP contribution in [0, 0.1) is 5.92 Å². The maximum atomic E-state index is 14.6. The second-order valence-corrected chi connectivity index (χ2v) is 17.5. The van der Waals surface area contributed by atoms with Crippen LogP contribution in [-0.4, -0.2) is 40.7 Å². The first-order valence-corrected chi connectivity index (χ1v) is 21.6. The SMILES string of the molecule is CCCCCCCCN1/C(=C/C2C(=O)C(=O)/C(=C\C3=[N+](CCCCCCCC)c4ccc5ccccc5c4C3(C)C)C2=O)C(C)(C)c2c1ccc1ccccc21. The van der Waals surface area contributed by atoms with Crippen LogP contribution >= 0.6 is 0 Å². The normalized spacial score (nSPS) is 20.1. The lowest BCUT2D eigenvalue weighted by Crippen LogP contribution is -2.30. The summed E-state index contributed by atoms with van der Waals surface area (Å²) in [7, 11) is 0. The fraction of sp³-hybridized carbons (Fsp3) is 0.451. The van der Waals surface area contributed by atoms with Crippen LogP contribution in [0.3, 0.4) is 0 Å². The van der Waals surface area contributed by atoms with Gasteiger partial charge in [0.15, 0.2) is 11.5 Å². The molecule has 1 saturated carbocycles. The molecule has 3 aliphatic rings. The van der Waals surface area contributed by atoms with E-state index in [2.05, 4.69) is 124 Å². The van der Waals surface area contributed by atoms with E-state index < -0.39 is 28.3 Å². The Morgan fingerprint density at radius 2 is 1.20 bits per heavy atom. The minimum Gasteiger partial charge on any atom is -0.344 e. The molecule has 4 aromatic rings. The van der Waals surface area contributed by atoms with Gasteiger partial charge in [-0.3, -0.25) is 14.4 Å². The molecule has 292 valence electrons. The molecule has 7 rings (SSSR count). The molecule has 0 spiro atoms. The fourth-order valence-electron chi connectivity index (χ4n) is 9.87. The third kappa shape index (κ3) is 7.12. The molecule has 0 N–H and O–H groups in total. The minimum absolute atomic E-state index is 0.0197. The Morgan fingerprint density at radius 3 is 1.86 bits per heavy atom. The van der Waals surface area contributed by atoms with Crippen LogP contribution in [0.2, 0.25) is 0 Å². The maximum absolute atomic E-state index is 14.6. The molecule has 5 nitrogen and oxygen atoms in total. The van der Waals surface area contributed by atoms with Gasteiger partial charge in [-0.1, -0.05) is 140 Å². The number of ketones is 3. The van der Waals surface area contributed by atoms with E-state index in [0.29, 0.717) is 0 Å². The van der Waals surface area contributed by atoms with E-state index in [4.69, 9.17) is 0 Å². The maximum Gasteiger partial charge on any atom is 0.233 e. The van der Waals surface area contributed by atoms with E-state index in [-0.39, 0.29) is 11.4 Å². The quantitative estimate of drug-likeness (QED) is 0.0286. The van der Waals surface area contributed by atoms with E-state index in [1.807, 2.05) is 6.08 Å². The molecule has 4 aromatic carbocycles. The van der Waals surface area contributed by atoms with Crippen LogP contribution in [0.15, 0.2) is 96.2 Å². The van der Waals surface area contributed by atoms with Crippen molar-refractivity contribution in [1.29, 1.82) is 0 Å². The Labute approximate surface area is 334 Å². The van der Waals surface area contributed by atoms with Crippen molar-refractivity contribution < 1.29 is 19.0 Å². The number of carbonyl (C=O) groups is 3. The van der Waals surface area contributed by atoms with Gasteiger partial charge in [0.05, 0.1) is 11.0 Å². The third-order valence-corrected chi connectivity index (χ3v) is 12.9. The fourth-order valence-corrected chi connectivity index (χ4v) is 9.87. The Hall–Kier alpha value is -4.64. The third-order valence-electron chi connectivity index (χ3n) is 12.9. The predicted octanol–water partition coefficient (Wildman–Crippen LogP) is 12.0. The largest absolute Gasteiger partial charge is 0.344 e. The molecule has 0 aromatic heterocycles. The second-order valence-electron chi connectivity index (χ2n) is 17.5. The summed E-state index contributed by atoms with van der Waals surface area (Å²) in [4.78, 5) is 45.1. The van der Waals surface area contributed by atoms with Gasteiger partial charge in [0.25, 0.3) is 0 Å². The van der Waals surface area contributed by atoms with Crippen molar-refractivity contribution in [3.8, 4) is 0 Å². The molecule has 0 bridgehead atoms. The molecule has 1 atom stereocenters. The van der Waals surface area contributed by atoms with Crippen molar-refractivity contribution in [3.63, 3.8) is 0 Å². The van der Waals surface area contributed by atoms with Crippen LogP contribution in [0.25, 0.3) is 21.5 Å². The van der Waals surface area contributed by atoms with Crippen LogP contribution in [0.1, 0.15) is 130 Å². The van der Waals surface area contributed by atoms with Crippen LogP contribution in [0.5, 0.6) is 0 Å². The minimum atomic E-state index is -1.14. The molecule has 5 heteroatoms. The van der Waals surface area contributed by atoms with Crippen LogP contribution in [-0.2, 0) is 25.2 Å². The molecule has 0 saturated heterocycles. The molecular formula is C51H61N2O3+. The monoisotopic (exact) mass is 749 g/mol. The number of allylic oxidation sites excluding steroid dienone is 4.